The molecule has 1 spiro atoms. The minimum Gasteiger partial charge on any atom is -0.480 e. The van der Waals surface area contributed by atoms with Crippen molar-refractivity contribution < 1.29 is 23.1 Å². The molecule has 92 valence electrons. The van der Waals surface area contributed by atoms with Crippen molar-refractivity contribution in [2.45, 2.75) is 37.9 Å². The van der Waals surface area contributed by atoms with Crippen LogP contribution in [0.4, 0.5) is 13.2 Å². The number of hydrogen-bond donors (Lipinski definition) is 1. The maximum atomic E-state index is 12.8. The van der Waals surface area contributed by atoms with Crippen molar-refractivity contribution in [1.29, 1.82) is 0 Å². The first kappa shape index (κ1) is 11.7. The molecule has 0 aromatic carbocycles. The Morgan fingerprint density at radius 2 is 1.81 bits per heavy atom. The van der Waals surface area contributed by atoms with Crippen molar-refractivity contribution >= 4 is 5.97 Å². The van der Waals surface area contributed by atoms with Crippen LogP contribution in [0.15, 0.2) is 0 Å². The highest BCUT2D eigenvalue weighted by atomic mass is 19.4. The average Bonchev–Trinajstić information content (AvgIpc) is 1.95. The second kappa shape index (κ2) is 3.12. The molecule has 6 heteroatoms. The molecule has 0 bridgehead atoms. The Balaban J connectivity index is 2.13. The number of hydrogen-bond acceptors (Lipinski definition) is 2. The largest absolute Gasteiger partial charge is 0.480 e. The fourth-order valence-corrected chi connectivity index (χ4v) is 2.51. The fourth-order valence-electron chi connectivity index (χ4n) is 2.51. The van der Waals surface area contributed by atoms with Gasteiger partial charge in [0.2, 0.25) is 5.54 Å². The third kappa shape index (κ3) is 1.35. The zero-order valence-corrected chi connectivity index (χ0v) is 8.97. The maximum Gasteiger partial charge on any atom is 0.417 e. The highest BCUT2D eigenvalue weighted by Gasteiger charge is 2.66. The number of nitrogens with zero attached hydrogens (tertiary/aromatic N) is 1. The molecular formula is C10H14F3NO2. The van der Waals surface area contributed by atoms with Gasteiger partial charge in [-0.25, -0.2) is 4.79 Å². The molecule has 2 rings (SSSR count). The number of alkyl halides is 3. The first-order chi connectivity index (χ1) is 7.21. The Kier molecular flexibility index (Phi) is 2.28. The van der Waals surface area contributed by atoms with Crippen LogP contribution in [-0.2, 0) is 4.79 Å². The molecule has 1 aliphatic carbocycles. The summed E-state index contributed by atoms with van der Waals surface area (Å²) in [5.41, 5.74) is -2.74. The van der Waals surface area contributed by atoms with Crippen molar-refractivity contribution in [3.05, 3.63) is 0 Å². The Morgan fingerprint density at radius 1 is 1.31 bits per heavy atom. The van der Waals surface area contributed by atoms with E-state index in [1.165, 1.54) is 0 Å². The summed E-state index contributed by atoms with van der Waals surface area (Å²) in [5.74, 6) is -1.81. The summed E-state index contributed by atoms with van der Waals surface area (Å²) >= 11 is 0. The summed E-state index contributed by atoms with van der Waals surface area (Å²) in [7, 11) is 0. The Bertz CT molecular complexity index is 317. The standard InChI is InChI=1S/C10H14F3NO2/c1-8(7(15)16,10(11,12)13)14-5-9(6-14)3-2-4-9/h2-6H2,1H3,(H,15,16). The number of likely N-dealkylation sites (tertiary alicyclic amines) is 1. The first-order valence-electron chi connectivity index (χ1n) is 5.26. The van der Waals surface area contributed by atoms with E-state index in [9.17, 15) is 18.0 Å². The van der Waals surface area contributed by atoms with Crippen molar-refractivity contribution in [2.75, 3.05) is 13.1 Å². The van der Waals surface area contributed by atoms with Crippen LogP contribution in [0.1, 0.15) is 26.2 Å². The Morgan fingerprint density at radius 3 is 2.06 bits per heavy atom. The topological polar surface area (TPSA) is 40.5 Å². The molecule has 2 aliphatic rings. The molecule has 1 N–H and O–H groups in total. The molecule has 0 aromatic rings. The third-order valence-electron chi connectivity index (χ3n) is 4.07. The summed E-state index contributed by atoms with van der Waals surface area (Å²) in [6.07, 6.45) is -1.83. The molecule has 0 aromatic heterocycles. The van der Waals surface area contributed by atoms with Gasteiger partial charge in [-0.1, -0.05) is 6.42 Å². The monoisotopic (exact) mass is 237 g/mol. The molecule has 2 fully saturated rings. The van der Waals surface area contributed by atoms with E-state index in [1.54, 1.807) is 0 Å². The zero-order chi connectivity index (χ0) is 12.2. The van der Waals surface area contributed by atoms with Gasteiger partial charge >= 0.3 is 12.1 Å². The van der Waals surface area contributed by atoms with Gasteiger partial charge in [0.1, 0.15) is 0 Å². The van der Waals surface area contributed by atoms with Gasteiger partial charge in [-0.05, 0) is 25.2 Å². The van der Waals surface area contributed by atoms with Crippen LogP contribution in [0.3, 0.4) is 0 Å². The summed E-state index contributed by atoms with van der Waals surface area (Å²) < 4.78 is 38.3. The van der Waals surface area contributed by atoms with E-state index >= 15 is 0 Å². The molecular weight excluding hydrogens is 223 g/mol. The summed E-state index contributed by atoms with van der Waals surface area (Å²) in [5, 5.41) is 8.80. The number of carboxylic acids is 1. The van der Waals surface area contributed by atoms with E-state index in [0.29, 0.717) is 0 Å². The minimum atomic E-state index is -4.73. The van der Waals surface area contributed by atoms with Crippen LogP contribution in [0, 0.1) is 5.41 Å². The number of halogens is 3. The van der Waals surface area contributed by atoms with E-state index < -0.39 is 17.7 Å². The summed E-state index contributed by atoms with van der Waals surface area (Å²) in [6.45, 7) is 1.27. The molecule has 1 saturated heterocycles. The molecule has 1 atom stereocenters. The highest BCUT2D eigenvalue weighted by molar-refractivity contribution is 5.79. The normalized spacial score (nSPS) is 28.0. The van der Waals surface area contributed by atoms with Gasteiger partial charge in [0.05, 0.1) is 0 Å². The van der Waals surface area contributed by atoms with Crippen LogP contribution in [-0.4, -0.2) is 40.8 Å². The second-order valence-electron chi connectivity index (χ2n) is 5.08. The molecule has 1 aliphatic heterocycles. The average molecular weight is 237 g/mol. The second-order valence-corrected chi connectivity index (χ2v) is 5.08. The number of rotatable bonds is 2. The lowest BCUT2D eigenvalue weighted by atomic mass is 9.62. The van der Waals surface area contributed by atoms with E-state index in [4.69, 9.17) is 5.11 Å². The summed E-state index contributed by atoms with van der Waals surface area (Å²) in [6, 6.07) is 0. The third-order valence-corrected chi connectivity index (χ3v) is 4.07. The molecule has 16 heavy (non-hydrogen) atoms. The van der Waals surface area contributed by atoms with Crippen LogP contribution in [0.25, 0.3) is 0 Å². The van der Waals surface area contributed by atoms with Crippen molar-refractivity contribution in [3.8, 4) is 0 Å². The van der Waals surface area contributed by atoms with Gasteiger partial charge < -0.3 is 5.11 Å². The molecule has 1 saturated carbocycles. The van der Waals surface area contributed by atoms with E-state index in [2.05, 4.69) is 0 Å². The molecule has 1 heterocycles. The van der Waals surface area contributed by atoms with Gasteiger partial charge in [0.25, 0.3) is 0 Å². The lowest BCUT2D eigenvalue weighted by Gasteiger charge is -2.60. The predicted octanol–water partition coefficient (Wildman–Crippen LogP) is 1.88. The van der Waals surface area contributed by atoms with Crippen LogP contribution in [0.2, 0.25) is 0 Å². The number of aliphatic carboxylic acids is 1. The summed E-state index contributed by atoms with van der Waals surface area (Å²) in [4.78, 5) is 11.9. The first-order valence-corrected chi connectivity index (χ1v) is 5.26. The minimum absolute atomic E-state index is 0.0119. The van der Waals surface area contributed by atoms with Gasteiger partial charge in [0.15, 0.2) is 0 Å². The van der Waals surface area contributed by atoms with Crippen LogP contribution < -0.4 is 0 Å². The van der Waals surface area contributed by atoms with Crippen LogP contribution >= 0.6 is 0 Å². The van der Waals surface area contributed by atoms with E-state index in [1.807, 2.05) is 0 Å². The maximum absolute atomic E-state index is 12.8. The molecule has 0 amide bonds. The lowest BCUT2D eigenvalue weighted by Crippen LogP contribution is -2.73. The van der Waals surface area contributed by atoms with Gasteiger partial charge in [-0.3, -0.25) is 4.90 Å². The Hall–Kier alpha value is -0.780. The quantitative estimate of drug-likeness (QED) is 0.797. The van der Waals surface area contributed by atoms with Crippen molar-refractivity contribution in [3.63, 3.8) is 0 Å². The fraction of sp³-hybridized carbons (Fsp3) is 0.900. The number of carbonyl (C=O) groups is 1. The van der Waals surface area contributed by atoms with Gasteiger partial charge in [-0.15, -0.1) is 0 Å². The van der Waals surface area contributed by atoms with Crippen molar-refractivity contribution in [2.24, 2.45) is 5.41 Å². The highest BCUT2D eigenvalue weighted by Crippen LogP contribution is 2.52. The molecule has 1 unspecified atom stereocenters. The zero-order valence-electron chi connectivity index (χ0n) is 8.97. The molecule has 0 radical (unpaired) electrons. The predicted molar refractivity (Wildman–Crippen MR) is 50.0 cm³/mol. The van der Waals surface area contributed by atoms with Crippen LogP contribution in [0.5, 0.6) is 0 Å². The SMILES string of the molecule is CC(C(=O)O)(N1CC2(CCC2)C1)C(F)(F)F. The van der Waals surface area contributed by atoms with Gasteiger partial charge in [-0.2, -0.15) is 13.2 Å². The lowest BCUT2D eigenvalue weighted by molar-refractivity contribution is -0.260. The Labute approximate surface area is 91.2 Å². The van der Waals surface area contributed by atoms with E-state index in [-0.39, 0.29) is 18.5 Å². The smallest absolute Gasteiger partial charge is 0.417 e. The van der Waals surface area contributed by atoms with Crippen molar-refractivity contribution in [1.82, 2.24) is 4.90 Å². The van der Waals surface area contributed by atoms with Gasteiger partial charge in [0, 0.05) is 13.1 Å². The van der Waals surface area contributed by atoms with E-state index in [0.717, 1.165) is 31.1 Å². The number of carboxylic acid groups (broad SMARTS) is 1. The molecule has 3 nitrogen and oxygen atoms in total.